The molecule has 4 heteroatoms. The Labute approximate surface area is 141 Å². The first-order valence-corrected chi connectivity index (χ1v) is 8.80. The Balaban J connectivity index is 1.76. The molecule has 0 bridgehead atoms. The highest BCUT2D eigenvalue weighted by molar-refractivity contribution is 7.10. The van der Waals surface area contributed by atoms with Gasteiger partial charge in [-0.15, -0.1) is 11.3 Å². The Hall–Kier alpha value is -2.07. The molecule has 1 aliphatic rings. The lowest BCUT2D eigenvalue weighted by Crippen LogP contribution is -2.38. The van der Waals surface area contributed by atoms with E-state index >= 15 is 0 Å². The Kier molecular flexibility index (Phi) is 4.82. The summed E-state index contributed by atoms with van der Waals surface area (Å²) in [6, 6.07) is 10.1. The van der Waals surface area contributed by atoms with Crippen molar-refractivity contribution in [1.29, 1.82) is 0 Å². The van der Waals surface area contributed by atoms with E-state index in [4.69, 9.17) is 4.74 Å². The van der Waals surface area contributed by atoms with Gasteiger partial charge < -0.3 is 9.64 Å². The molecule has 120 valence electrons. The van der Waals surface area contributed by atoms with Crippen molar-refractivity contribution < 1.29 is 9.53 Å². The van der Waals surface area contributed by atoms with Gasteiger partial charge in [0.25, 0.3) is 0 Å². The third-order valence-corrected chi connectivity index (χ3v) is 5.27. The van der Waals surface area contributed by atoms with Crippen molar-refractivity contribution in [3.8, 4) is 5.75 Å². The van der Waals surface area contributed by atoms with Crippen LogP contribution < -0.4 is 4.74 Å². The molecule has 1 unspecified atom stereocenters. The summed E-state index contributed by atoms with van der Waals surface area (Å²) >= 11 is 1.80. The molecule has 1 aromatic heterocycles. The topological polar surface area (TPSA) is 29.5 Å². The SMILES string of the molecule is CCC1c2ccsc2CCN1C(=O)/C=C/c1cccc(OC)c1. The van der Waals surface area contributed by atoms with Gasteiger partial charge >= 0.3 is 0 Å². The van der Waals surface area contributed by atoms with Crippen LogP contribution in [0.25, 0.3) is 6.08 Å². The summed E-state index contributed by atoms with van der Waals surface area (Å²) in [5, 5.41) is 2.13. The Bertz CT molecular complexity index is 720. The fourth-order valence-corrected chi connectivity index (χ4v) is 4.04. The molecular weight excluding hydrogens is 306 g/mol. The molecule has 3 nitrogen and oxygen atoms in total. The Morgan fingerprint density at radius 2 is 2.30 bits per heavy atom. The average molecular weight is 327 g/mol. The van der Waals surface area contributed by atoms with Crippen LogP contribution in [0.15, 0.2) is 41.8 Å². The Morgan fingerprint density at radius 3 is 3.09 bits per heavy atom. The average Bonchev–Trinajstić information content (AvgIpc) is 3.07. The lowest BCUT2D eigenvalue weighted by molar-refractivity contribution is -0.128. The van der Waals surface area contributed by atoms with Gasteiger partial charge in [0.2, 0.25) is 5.91 Å². The van der Waals surface area contributed by atoms with E-state index in [1.54, 1.807) is 24.5 Å². The number of ether oxygens (including phenoxy) is 1. The maximum absolute atomic E-state index is 12.6. The highest BCUT2D eigenvalue weighted by Gasteiger charge is 2.29. The van der Waals surface area contributed by atoms with Crippen molar-refractivity contribution in [2.24, 2.45) is 0 Å². The van der Waals surface area contributed by atoms with Gasteiger partial charge in [0.1, 0.15) is 5.75 Å². The number of benzene rings is 1. The molecule has 3 rings (SSSR count). The highest BCUT2D eigenvalue weighted by atomic mass is 32.1. The summed E-state index contributed by atoms with van der Waals surface area (Å²) in [6.45, 7) is 2.94. The van der Waals surface area contributed by atoms with Crippen molar-refractivity contribution in [2.75, 3.05) is 13.7 Å². The molecule has 0 fully saturated rings. The molecule has 1 aromatic carbocycles. The first kappa shape index (κ1) is 15.8. The summed E-state index contributed by atoms with van der Waals surface area (Å²) in [5.41, 5.74) is 2.30. The summed E-state index contributed by atoms with van der Waals surface area (Å²) in [4.78, 5) is 16.1. The van der Waals surface area contributed by atoms with E-state index in [1.165, 1.54) is 10.4 Å². The van der Waals surface area contributed by atoms with Crippen LogP contribution in [0, 0.1) is 0 Å². The third kappa shape index (κ3) is 3.32. The first-order chi connectivity index (χ1) is 11.2. The minimum absolute atomic E-state index is 0.0801. The number of fused-ring (bicyclic) bond motifs is 1. The summed E-state index contributed by atoms with van der Waals surface area (Å²) < 4.78 is 5.21. The lowest BCUT2D eigenvalue weighted by atomic mass is 9.97. The number of nitrogens with zero attached hydrogens (tertiary/aromatic N) is 1. The molecule has 0 N–H and O–H groups in total. The van der Waals surface area contributed by atoms with E-state index in [1.807, 2.05) is 35.2 Å². The molecule has 23 heavy (non-hydrogen) atoms. The molecule has 0 saturated heterocycles. The number of carbonyl (C=O) groups excluding carboxylic acids is 1. The molecule has 2 aromatic rings. The predicted octanol–water partition coefficient (Wildman–Crippen LogP) is 4.31. The predicted molar refractivity (Wildman–Crippen MR) is 94.8 cm³/mol. The van der Waals surface area contributed by atoms with Crippen molar-refractivity contribution in [2.45, 2.75) is 25.8 Å². The van der Waals surface area contributed by atoms with Gasteiger partial charge in [-0.05, 0) is 53.6 Å². The van der Waals surface area contributed by atoms with Crippen LogP contribution in [0.5, 0.6) is 5.75 Å². The molecule has 0 radical (unpaired) electrons. The van der Waals surface area contributed by atoms with Gasteiger partial charge in [-0.2, -0.15) is 0 Å². The minimum atomic E-state index is 0.0801. The maximum atomic E-state index is 12.6. The van der Waals surface area contributed by atoms with Crippen molar-refractivity contribution in [3.05, 3.63) is 57.8 Å². The molecule has 1 atom stereocenters. The largest absolute Gasteiger partial charge is 0.497 e. The maximum Gasteiger partial charge on any atom is 0.247 e. The van der Waals surface area contributed by atoms with Crippen molar-refractivity contribution in [1.82, 2.24) is 4.90 Å². The van der Waals surface area contributed by atoms with Gasteiger partial charge in [0.15, 0.2) is 0 Å². The summed E-state index contributed by atoms with van der Waals surface area (Å²) in [7, 11) is 1.64. The van der Waals surface area contributed by atoms with E-state index < -0.39 is 0 Å². The van der Waals surface area contributed by atoms with Crippen molar-refractivity contribution in [3.63, 3.8) is 0 Å². The number of rotatable bonds is 4. The Morgan fingerprint density at radius 1 is 1.43 bits per heavy atom. The molecule has 2 heterocycles. The second-order valence-corrected chi connectivity index (χ2v) is 6.62. The first-order valence-electron chi connectivity index (χ1n) is 7.92. The van der Waals surface area contributed by atoms with Crippen LogP contribution in [-0.4, -0.2) is 24.5 Å². The van der Waals surface area contributed by atoms with E-state index in [-0.39, 0.29) is 11.9 Å². The van der Waals surface area contributed by atoms with E-state index in [0.29, 0.717) is 0 Å². The van der Waals surface area contributed by atoms with Crippen LogP contribution in [0.2, 0.25) is 0 Å². The number of carbonyl (C=O) groups is 1. The zero-order valence-corrected chi connectivity index (χ0v) is 14.3. The number of thiophene rings is 1. The van der Waals surface area contributed by atoms with Gasteiger partial charge in [-0.1, -0.05) is 19.1 Å². The molecule has 0 saturated carbocycles. The number of hydrogen-bond acceptors (Lipinski definition) is 3. The summed E-state index contributed by atoms with van der Waals surface area (Å²) in [5.74, 6) is 0.878. The second-order valence-electron chi connectivity index (χ2n) is 5.61. The zero-order valence-electron chi connectivity index (χ0n) is 13.5. The highest BCUT2D eigenvalue weighted by Crippen LogP contribution is 2.35. The number of methoxy groups -OCH3 is 1. The monoisotopic (exact) mass is 327 g/mol. The van der Waals surface area contributed by atoms with E-state index in [0.717, 1.165) is 30.7 Å². The molecule has 1 aliphatic heterocycles. The molecule has 0 spiro atoms. The van der Waals surface area contributed by atoms with Gasteiger partial charge in [0.05, 0.1) is 13.2 Å². The number of amides is 1. The normalized spacial score (nSPS) is 17.3. The van der Waals surface area contributed by atoms with Gasteiger partial charge in [0, 0.05) is 17.5 Å². The quantitative estimate of drug-likeness (QED) is 0.783. The lowest BCUT2D eigenvalue weighted by Gasteiger charge is -2.34. The zero-order chi connectivity index (χ0) is 16.2. The third-order valence-electron chi connectivity index (χ3n) is 4.28. The van der Waals surface area contributed by atoms with Crippen LogP contribution >= 0.6 is 11.3 Å². The van der Waals surface area contributed by atoms with Gasteiger partial charge in [-0.3, -0.25) is 4.79 Å². The van der Waals surface area contributed by atoms with Gasteiger partial charge in [-0.25, -0.2) is 0 Å². The van der Waals surface area contributed by atoms with E-state index in [2.05, 4.69) is 18.4 Å². The molecule has 1 amide bonds. The number of hydrogen-bond donors (Lipinski definition) is 0. The molecular formula is C19H21NO2S. The second kappa shape index (κ2) is 7.01. The van der Waals surface area contributed by atoms with Crippen LogP contribution in [-0.2, 0) is 11.2 Å². The smallest absolute Gasteiger partial charge is 0.247 e. The van der Waals surface area contributed by atoms with Crippen LogP contribution in [0.4, 0.5) is 0 Å². The standard InChI is InChI=1S/C19H21NO2S/c1-3-17-16-10-12-23-18(16)9-11-20(17)19(21)8-7-14-5-4-6-15(13-14)22-2/h4-8,10,12-13,17H,3,9,11H2,1-2H3/b8-7+. The van der Waals surface area contributed by atoms with E-state index in [9.17, 15) is 4.79 Å². The van der Waals surface area contributed by atoms with Crippen LogP contribution in [0.3, 0.4) is 0 Å². The fourth-order valence-electron chi connectivity index (χ4n) is 3.11. The summed E-state index contributed by atoms with van der Waals surface area (Å²) in [6.07, 6.45) is 5.44. The van der Waals surface area contributed by atoms with Crippen LogP contribution in [0.1, 0.15) is 35.4 Å². The fraction of sp³-hybridized carbons (Fsp3) is 0.316. The molecule has 0 aliphatic carbocycles. The minimum Gasteiger partial charge on any atom is -0.497 e. The van der Waals surface area contributed by atoms with Crippen molar-refractivity contribution >= 4 is 23.3 Å².